The predicted octanol–water partition coefficient (Wildman–Crippen LogP) is 0.642. The number of piperidine rings is 1. The van der Waals surface area contributed by atoms with Crippen LogP contribution in [0.25, 0.3) is 0 Å². The van der Waals surface area contributed by atoms with Gasteiger partial charge in [-0.25, -0.2) is 0 Å². The molecule has 1 aliphatic rings. The molecule has 1 fully saturated rings. The molecule has 1 rings (SSSR count). The highest BCUT2D eigenvalue weighted by molar-refractivity contribution is 5.76. The Balaban J connectivity index is 2.28. The fourth-order valence-electron chi connectivity index (χ4n) is 1.82. The van der Waals surface area contributed by atoms with E-state index in [1.165, 1.54) is 0 Å². The van der Waals surface area contributed by atoms with Gasteiger partial charge in [0.25, 0.3) is 0 Å². The molecule has 1 N–H and O–H groups in total. The van der Waals surface area contributed by atoms with Gasteiger partial charge < -0.3 is 14.7 Å². The van der Waals surface area contributed by atoms with Crippen molar-refractivity contribution >= 4 is 5.91 Å². The first-order chi connectivity index (χ1) is 7.15. The van der Waals surface area contributed by atoms with Gasteiger partial charge in [-0.15, -0.1) is 0 Å². The fourth-order valence-corrected chi connectivity index (χ4v) is 1.82. The van der Waals surface area contributed by atoms with Crippen molar-refractivity contribution in [3.63, 3.8) is 0 Å². The van der Waals surface area contributed by atoms with Crippen molar-refractivity contribution in [2.24, 2.45) is 5.92 Å². The van der Waals surface area contributed by atoms with Gasteiger partial charge in [0.2, 0.25) is 5.91 Å². The molecule has 1 heterocycles. The molecule has 0 aromatic heterocycles. The first-order valence-electron chi connectivity index (χ1n) is 5.68. The van der Waals surface area contributed by atoms with Crippen molar-refractivity contribution in [3.05, 3.63) is 0 Å². The van der Waals surface area contributed by atoms with E-state index in [-0.39, 0.29) is 17.9 Å². The molecule has 88 valence electrons. The molecule has 4 heteroatoms. The number of hydrogen-bond acceptors (Lipinski definition) is 3. The van der Waals surface area contributed by atoms with E-state index < -0.39 is 0 Å². The number of nitrogens with zero attached hydrogens (tertiary/aromatic N) is 1. The average molecular weight is 215 g/mol. The molecule has 2 unspecified atom stereocenters. The van der Waals surface area contributed by atoms with Gasteiger partial charge in [-0.05, 0) is 19.3 Å². The van der Waals surface area contributed by atoms with Crippen molar-refractivity contribution in [1.29, 1.82) is 0 Å². The number of likely N-dealkylation sites (tertiary alicyclic amines) is 1. The van der Waals surface area contributed by atoms with E-state index in [0.29, 0.717) is 39.1 Å². The summed E-state index contributed by atoms with van der Waals surface area (Å²) in [5.74, 6) is 0.331. The Bertz CT molecular complexity index is 208. The number of ether oxygens (including phenoxy) is 1. The molecule has 1 amide bonds. The summed E-state index contributed by atoms with van der Waals surface area (Å²) in [5, 5.41) is 9.53. The lowest BCUT2D eigenvalue weighted by molar-refractivity contribution is -0.135. The minimum atomic E-state index is -0.249. The minimum Gasteiger partial charge on any atom is -0.393 e. The highest BCUT2D eigenvalue weighted by Gasteiger charge is 2.26. The lowest BCUT2D eigenvalue weighted by atomic mass is 9.96. The van der Waals surface area contributed by atoms with Gasteiger partial charge in [-0.3, -0.25) is 4.79 Å². The normalized spacial score (nSPS) is 26.7. The van der Waals surface area contributed by atoms with Gasteiger partial charge in [0.1, 0.15) is 0 Å². The fraction of sp³-hybridized carbons (Fsp3) is 0.909. The third-order valence-corrected chi connectivity index (χ3v) is 2.88. The van der Waals surface area contributed by atoms with E-state index >= 15 is 0 Å². The minimum absolute atomic E-state index is 0.141. The van der Waals surface area contributed by atoms with Crippen LogP contribution < -0.4 is 0 Å². The van der Waals surface area contributed by atoms with Crippen LogP contribution in [-0.2, 0) is 9.53 Å². The monoisotopic (exact) mass is 215 g/mol. The first kappa shape index (κ1) is 12.5. The van der Waals surface area contributed by atoms with Crippen LogP contribution in [0.4, 0.5) is 0 Å². The highest BCUT2D eigenvalue weighted by atomic mass is 16.5. The zero-order valence-corrected chi connectivity index (χ0v) is 9.61. The molecule has 0 spiro atoms. The van der Waals surface area contributed by atoms with Gasteiger partial charge >= 0.3 is 0 Å². The van der Waals surface area contributed by atoms with Crippen molar-refractivity contribution in [2.45, 2.75) is 32.8 Å². The number of hydrogen-bond donors (Lipinski definition) is 1. The number of aliphatic hydroxyl groups is 1. The summed E-state index contributed by atoms with van der Waals surface area (Å²) in [4.78, 5) is 13.5. The molecule has 1 aliphatic heterocycles. The molecule has 0 radical (unpaired) electrons. The summed E-state index contributed by atoms with van der Waals surface area (Å²) in [6.07, 6.45) is 0.902. The first-order valence-corrected chi connectivity index (χ1v) is 5.68. The lowest BCUT2D eigenvalue weighted by Crippen LogP contribution is -2.45. The zero-order valence-electron chi connectivity index (χ0n) is 9.61. The highest BCUT2D eigenvalue weighted by Crippen LogP contribution is 2.16. The van der Waals surface area contributed by atoms with Gasteiger partial charge in [-0.2, -0.15) is 0 Å². The van der Waals surface area contributed by atoms with Gasteiger partial charge in [0, 0.05) is 19.7 Å². The maximum atomic E-state index is 11.7. The third kappa shape index (κ3) is 3.80. The van der Waals surface area contributed by atoms with Crippen molar-refractivity contribution < 1.29 is 14.6 Å². The van der Waals surface area contributed by atoms with E-state index in [2.05, 4.69) is 0 Å². The van der Waals surface area contributed by atoms with Crippen LogP contribution in [0, 0.1) is 5.92 Å². The van der Waals surface area contributed by atoms with Crippen LogP contribution in [0.1, 0.15) is 26.7 Å². The third-order valence-electron chi connectivity index (χ3n) is 2.88. The second kappa shape index (κ2) is 6.08. The maximum absolute atomic E-state index is 11.7. The summed E-state index contributed by atoms with van der Waals surface area (Å²) in [6, 6.07) is 0. The summed E-state index contributed by atoms with van der Waals surface area (Å²) in [6.45, 7) is 6.41. The standard InChI is InChI=1S/C11H21NO3/c1-3-15-7-5-11(14)12-6-4-10(13)9(2)8-12/h9-10,13H,3-8H2,1-2H3. The predicted molar refractivity (Wildman–Crippen MR) is 57.5 cm³/mol. The summed E-state index contributed by atoms with van der Waals surface area (Å²) < 4.78 is 5.15. The Hall–Kier alpha value is -0.610. The number of aliphatic hydroxyl groups excluding tert-OH is 1. The Morgan fingerprint density at radius 3 is 2.93 bits per heavy atom. The van der Waals surface area contributed by atoms with Crippen LogP contribution >= 0.6 is 0 Å². The van der Waals surface area contributed by atoms with Gasteiger partial charge in [-0.1, -0.05) is 6.92 Å². The molecule has 4 nitrogen and oxygen atoms in total. The molecule has 0 saturated carbocycles. The number of rotatable bonds is 4. The van der Waals surface area contributed by atoms with Crippen LogP contribution in [-0.4, -0.2) is 48.3 Å². The quantitative estimate of drug-likeness (QED) is 0.700. The van der Waals surface area contributed by atoms with Crippen molar-refractivity contribution in [1.82, 2.24) is 4.90 Å². The van der Waals surface area contributed by atoms with Crippen LogP contribution in [0.2, 0.25) is 0 Å². The largest absolute Gasteiger partial charge is 0.393 e. The average Bonchev–Trinajstić information content (AvgIpc) is 2.22. The number of amides is 1. The molecule has 0 aliphatic carbocycles. The molecule has 0 aromatic rings. The topological polar surface area (TPSA) is 49.8 Å². The van der Waals surface area contributed by atoms with E-state index in [1.54, 1.807) is 0 Å². The van der Waals surface area contributed by atoms with Crippen LogP contribution in [0.3, 0.4) is 0 Å². The van der Waals surface area contributed by atoms with Crippen molar-refractivity contribution in [2.75, 3.05) is 26.3 Å². The Morgan fingerprint density at radius 1 is 1.60 bits per heavy atom. The zero-order chi connectivity index (χ0) is 11.3. The SMILES string of the molecule is CCOCCC(=O)N1CCC(O)C(C)C1. The Kier molecular flexibility index (Phi) is 5.05. The number of carbonyl (C=O) groups is 1. The van der Waals surface area contributed by atoms with Crippen LogP contribution in [0.15, 0.2) is 0 Å². The van der Waals surface area contributed by atoms with Crippen molar-refractivity contribution in [3.8, 4) is 0 Å². The summed E-state index contributed by atoms with van der Waals surface area (Å²) >= 11 is 0. The van der Waals surface area contributed by atoms with Crippen LogP contribution in [0.5, 0.6) is 0 Å². The molecule has 1 saturated heterocycles. The van der Waals surface area contributed by atoms with E-state index in [0.717, 1.165) is 0 Å². The number of carbonyl (C=O) groups excluding carboxylic acids is 1. The maximum Gasteiger partial charge on any atom is 0.224 e. The smallest absolute Gasteiger partial charge is 0.224 e. The summed E-state index contributed by atoms with van der Waals surface area (Å²) in [7, 11) is 0. The Morgan fingerprint density at radius 2 is 2.33 bits per heavy atom. The Labute approximate surface area is 91.2 Å². The van der Waals surface area contributed by atoms with E-state index in [9.17, 15) is 9.90 Å². The molecular formula is C11H21NO3. The second-order valence-electron chi connectivity index (χ2n) is 4.12. The van der Waals surface area contributed by atoms with Gasteiger partial charge in [0.05, 0.1) is 19.1 Å². The molecule has 0 bridgehead atoms. The van der Waals surface area contributed by atoms with E-state index in [4.69, 9.17) is 4.74 Å². The molecule has 0 aromatic carbocycles. The molecule has 15 heavy (non-hydrogen) atoms. The molecule has 2 atom stereocenters. The van der Waals surface area contributed by atoms with E-state index in [1.807, 2.05) is 18.7 Å². The second-order valence-corrected chi connectivity index (χ2v) is 4.12. The summed E-state index contributed by atoms with van der Waals surface area (Å²) in [5.41, 5.74) is 0. The molecular weight excluding hydrogens is 194 g/mol. The lowest BCUT2D eigenvalue weighted by Gasteiger charge is -2.34. The van der Waals surface area contributed by atoms with Gasteiger partial charge in [0.15, 0.2) is 0 Å².